The number of hydrogen-bond donors (Lipinski definition) is 2. The molecule has 3 amide bonds. The molecule has 0 radical (unpaired) electrons. The smallest absolute Gasteiger partial charge is 0.320 e. The molecule has 6 heteroatoms. The number of fused-ring (bicyclic) bond motifs is 1. The standard InChI is InChI=1S/C25H23N3O3/c1-28-23-14-7-6-13-20(23)21(17-9-4-3-5-10-17)16-22(24(28)29)27-25(30)26-18-11-8-12-19(15-18)31-2/h3-16,22H,1-2H3,(H2,26,27,30). The van der Waals surface area contributed by atoms with Gasteiger partial charge in [-0.3, -0.25) is 4.79 Å². The summed E-state index contributed by atoms with van der Waals surface area (Å²) in [4.78, 5) is 27.5. The van der Waals surface area contributed by atoms with E-state index in [0.717, 1.165) is 22.4 Å². The third-order valence-corrected chi connectivity index (χ3v) is 5.18. The molecule has 1 unspecified atom stereocenters. The summed E-state index contributed by atoms with van der Waals surface area (Å²) in [6.07, 6.45) is 1.81. The summed E-state index contributed by atoms with van der Waals surface area (Å²) in [5, 5.41) is 5.57. The van der Waals surface area contributed by atoms with Crippen LogP contribution in [0.1, 0.15) is 11.1 Å². The predicted molar refractivity (Wildman–Crippen MR) is 122 cm³/mol. The lowest BCUT2D eigenvalue weighted by Crippen LogP contribution is -2.47. The van der Waals surface area contributed by atoms with Gasteiger partial charge in [0.05, 0.1) is 12.8 Å². The zero-order valence-corrected chi connectivity index (χ0v) is 17.3. The van der Waals surface area contributed by atoms with Crippen LogP contribution in [0.5, 0.6) is 5.75 Å². The van der Waals surface area contributed by atoms with Gasteiger partial charge in [-0.05, 0) is 35.4 Å². The van der Waals surface area contributed by atoms with E-state index in [1.165, 1.54) is 0 Å². The van der Waals surface area contributed by atoms with Crippen LogP contribution in [0.15, 0.2) is 84.9 Å². The molecule has 31 heavy (non-hydrogen) atoms. The summed E-state index contributed by atoms with van der Waals surface area (Å²) in [7, 11) is 3.28. The van der Waals surface area contributed by atoms with Gasteiger partial charge in [0, 0.05) is 24.4 Å². The summed E-state index contributed by atoms with van der Waals surface area (Å²) in [6.45, 7) is 0. The molecule has 0 fully saturated rings. The number of urea groups is 1. The largest absolute Gasteiger partial charge is 0.497 e. The van der Waals surface area contributed by atoms with Gasteiger partial charge >= 0.3 is 6.03 Å². The molecule has 0 bridgehead atoms. The molecule has 4 rings (SSSR count). The summed E-state index contributed by atoms with van der Waals surface area (Å²) in [5.74, 6) is 0.406. The summed E-state index contributed by atoms with van der Waals surface area (Å²) in [5.41, 5.74) is 4.16. The number of carbonyl (C=O) groups is 2. The number of carbonyl (C=O) groups excluding carboxylic acids is 2. The van der Waals surface area contributed by atoms with Gasteiger partial charge in [0.1, 0.15) is 11.8 Å². The molecule has 0 saturated heterocycles. The van der Waals surface area contributed by atoms with Crippen LogP contribution in [0.3, 0.4) is 0 Å². The number of nitrogens with zero attached hydrogens (tertiary/aromatic N) is 1. The number of rotatable bonds is 4. The molecule has 1 aliphatic rings. The number of nitrogens with one attached hydrogen (secondary N) is 2. The highest BCUT2D eigenvalue weighted by atomic mass is 16.5. The lowest BCUT2D eigenvalue weighted by Gasteiger charge is -2.22. The Bertz CT molecular complexity index is 1140. The first-order valence-corrected chi connectivity index (χ1v) is 9.92. The van der Waals surface area contributed by atoms with Crippen molar-refractivity contribution in [2.75, 3.05) is 24.4 Å². The number of methoxy groups -OCH3 is 1. The van der Waals surface area contributed by atoms with E-state index >= 15 is 0 Å². The Balaban J connectivity index is 1.66. The van der Waals surface area contributed by atoms with E-state index in [1.807, 2.05) is 60.7 Å². The van der Waals surface area contributed by atoms with Crippen LogP contribution in [-0.4, -0.2) is 32.1 Å². The van der Waals surface area contributed by atoms with Crippen molar-refractivity contribution in [2.45, 2.75) is 6.04 Å². The average Bonchev–Trinajstić information content (AvgIpc) is 2.90. The Labute approximate surface area is 181 Å². The zero-order valence-electron chi connectivity index (χ0n) is 17.3. The molecule has 0 saturated carbocycles. The van der Waals surface area contributed by atoms with Crippen LogP contribution in [0.25, 0.3) is 5.57 Å². The third-order valence-electron chi connectivity index (χ3n) is 5.18. The highest BCUT2D eigenvalue weighted by molar-refractivity contribution is 6.07. The molecule has 3 aromatic carbocycles. The van der Waals surface area contributed by atoms with Crippen molar-refractivity contribution in [1.82, 2.24) is 5.32 Å². The number of benzene rings is 3. The Hall–Kier alpha value is -4.06. The second-order valence-electron chi connectivity index (χ2n) is 7.17. The van der Waals surface area contributed by atoms with Crippen LogP contribution < -0.4 is 20.3 Å². The molecule has 6 nitrogen and oxygen atoms in total. The van der Waals surface area contributed by atoms with Crippen molar-refractivity contribution in [3.8, 4) is 5.75 Å². The number of para-hydroxylation sites is 1. The second-order valence-corrected chi connectivity index (χ2v) is 7.17. The Morgan fingerprint density at radius 1 is 0.968 bits per heavy atom. The fourth-order valence-corrected chi connectivity index (χ4v) is 3.63. The molecular weight excluding hydrogens is 390 g/mol. The monoisotopic (exact) mass is 413 g/mol. The topological polar surface area (TPSA) is 70.7 Å². The molecule has 0 spiro atoms. The number of ether oxygens (including phenoxy) is 1. The van der Waals surface area contributed by atoms with Gasteiger partial charge in [0.25, 0.3) is 5.91 Å². The fraction of sp³-hybridized carbons (Fsp3) is 0.120. The predicted octanol–water partition coefficient (Wildman–Crippen LogP) is 4.29. The van der Waals surface area contributed by atoms with Crippen molar-refractivity contribution in [3.05, 3.63) is 96.1 Å². The van der Waals surface area contributed by atoms with Gasteiger partial charge in [0.2, 0.25) is 0 Å². The van der Waals surface area contributed by atoms with Crippen molar-refractivity contribution < 1.29 is 14.3 Å². The highest BCUT2D eigenvalue weighted by Crippen LogP contribution is 2.34. The van der Waals surface area contributed by atoms with Gasteiger partial charge in [0.15, 0.2) is 0 Å². The van der Waals surface area contributed by atoms with Crippen molar-refractivity contribution in [2.24, 2.45) is 0 Å². The highest BCUT2D eigenvalue weighted by Gasteiger charge is 2.29. The first-order valence-electron chi connectivity index (χ1n) is 9.92. The quantitative estimate of drug-likeness (QED) is 0.670. The average molecular weight is 413 g/mol. The number of amides is 3. The van der Waals surface area contributed by atoms with E-state index in [0.29, 0.717) is 11.4 Å². The van der Waals surface area contributed by atoms with Crippen LogP contribution in [0, 0.1) is 0 Å². The fourth-order valence-electron chi connectivity index (χ4n) is 3.63. The molecule has 0 aromatic heterocycles. The number of hydrogen-bond acceptors (Lipinski definition) is 3. The van der Waals surface area contributed by atoms with Crippen molar-refractivity contribution in [3.63, 3.8) is 0 Å². The van der Waals surface area contributed by atoms with Crippen LogP contribution >= 0.6 is 0 Å². The van der Waals surface area contributed by atoms with Gasteiger partial charge in [-0.1, -0.05) is 54.6 Å². The molecule has 1 aliphatic heterocycles. The Morgan fingerprint density at radius 3 is 2.48 bits per heavy atom. The normalized spacial score (nSPS) is 15.4. The van der Waals surface area contributed by atoms with Gasteiger partial charge in [-0.15, -0.1) is 0 Å². The Morgan fingerprint density at radius 2 is 1.71 bits per heavy atom. The lowest BCUT2D eigenvalue weighted by atomic mass is 9.95. The maximum Gasteiger partial charge on any atom is 0.320 e. The SMILES string of the molecule is COc1cccc(NC(=O)NC2C=C(c3ccccc3)c3ccccc3N(C)C2=O)c1. The van der Waals surface area contributed by atoms with E-state index in [-0.39, 0.29) is 5.91 Å². The van der Waals surface area contributed by atoms with Crippen LogP contribution in [0.4, 0.5) is 16.2 Å². The van der Waals surface area contributed by atoms with Crippen molar-refractivity contribution in [1.29, 1.82) is 0 Å². The minimum atomic E-state index is -0.835. The van der Waals surface area contributed by atoms with E-state index in [9.17, 15) is 9.59 Å². The number of likely N-dealkylation sites (N-methyl/N-ethyl adjacent to an activating group) is 1. The maximum atomic E-state index is 13.2. The minimum absolute atomic E-state index is 0.223. The van der Waals surface area contributed by atoms with Crippen molar-refractivity contribution >= 4 is 28.9 Å². The first-order chi connectivity index (χ1) is 15.1. The van der Waals surface area contributed by atoms with E-state index in [1.54, 1.807) is 43.3 Å². The Kier molecular flexibility index (Phi) is 5.71. The molecule has 1 heterocycles. The summed E-state index contributed by atoms with van der Waals surface area (Å²) < 4.78 is 5.19. The van der Waals surface area contributed by atoms with E-state index in [4.69, 9.17) is 4.74 Å². The zero-order chi connectivity index (χ0) is 21.8. The van der Waals surface area contributed by atoms with Gasteiger partial charge in [-0.2, -0.15) is 0 Å². The minimum Gasteiger partial charge on any atom is -0.497 e. The summed E-state index contributed by atoms with van der Waals surface area (Å²) in [6, 6.07) is 23.3. The molecule has 156 valence electrons. The molecule has 2 N–H and O–H groups in total. The van der Waals surface area contributed by atoms with E-state index < -0.39 is 12.1 Å². The maximum absolute atomic E-state index is 13.2. The van der Waals surface area contributed by atoms with Crippen LogP contribution in [-0.2, 0) is 4.79 Å². The molecule has 0 aliphatic carbocycles. The third kappa shape index (κ3) is 4.28. The second kappa shape index (κ2) is 8.75. The number of anilines is 2. The lowest BCUT2D eigenvalue weighted by molar-refractivity contribution is -0.119. The van der Waals surface area contributed by atoms with Crippen LogP contribution in [0.2, 0.25) is 0 Å². The molecule has 3 aromatic rings. The first kappa shape index (κ1) is 20.2. The molecule has 1 atom stereocenters. The molecular formula is C25H23N3O3. The summed E-state index contributed by atoms with van der Waals surface area (Å²) >= 11 is 0. The van der Waals surface area contributed by atoms with Gasteiger partial charge in [-0.25, -0.2) is 4.79 Å². The van der Waals surface area contributed by atoms with E-state index in [2.05, 4.69) is 10.6 Å². The van der Waals surface area contributed by atoms with Gasteiger partial charge < -0.3 is 20.3 Å².